The van der Waals surface area contributed by atoms with E-state index in [1.54, 1.807) is 11.8 Å². The summed E-state index contributed by atoms with van der Waals surface area (Å²) in [7, 11) is 0. The fraction of sp³-hybridized carbons (Fsp3) is 0.188. The van der Waals surface area contributed by atoms with Crippen LogP contribution in [0.15, 0.2) is 59.6 Å². The zero-order valence-electron chi connectivity index (χ0n) is 11.2. The minimum absolute atomic E-state index is 0.395. The van der Waals surface area contributed by atoms with Crippen molar-refractivity contribution in [2.45, 2.75) is 13.0 Å². The average molecular weight is 284 g/mol. The van der Waals surface area contributed by atoms with E-state index in [0.29, 0.717) is 6.04 Å². The van der Waals surface area contributed by atoms with Crippen LogP contribution in [0.25, 0.3) is 0 Å². The van der Waals surface area contributed by atoms with E-state index < -0.39 is 0 Å². The van der Waals surface area contributed by atoms with Gasteiger partial charge in [0.05, 0.1) is 6.04 Å². The van der Waals surface area contributed by atoms with Crippen LogP contribution >= 0.6 is 11.8 Å². The van der Waals surface area contributed by atoms with E-state index in [-0.39, 0.29) is 0 Å². The van der Waals surface area contributed by atoms with Crippen LogP contribution in [0.5, 0.6) is 11.5 Å². The Labute approximate surface area is 123 Å². The number of benzene rings is 2. The Balaban J connectivity index is 1.71. The number of anilines is 1. The third-order valence-corrected chi connectivity index (χ3v) is 3.99. The van der Waals surface area contributed by atoms with Gasteiger partial charge in [-0.05, 0) is 31.2 Å². The molecule has 0 aliphatic carbocycles. The number of amidine groups is 1. The van der Waals surface area contributed by atoms with E-state index in [1.165, 1.54) is 0 Å². The Bertz CT molecular complexity index is 613. The van der Waals surface area contributed by atoms with Crippen molar-refractivity contribution in [3.63, 3.8) is 0 Å². The molecule has 102 valence electrons. The van der Waals surface area contributed by atoms with Gasteiger partial charge in [-0.3, -0.25) is 4.99 Å². The summed E-state index contributed by atoms with van der Waals surface area (Å²) in [5.74, 6) is 2.70. The number of thioether (sulfide) groups is 1. The topological polar surface area (TPSA) is 33.6 Å². The van der Waals surface area contributed by atoms with Crippen LogP contribution in [0.2, 0.25) is 0 Å². The van der Waals surface area contributed by atoms with Crippen molar-refractivity contribution < 1.29 is 4.74 Å². The monoisotopic (exact) mass is 284 g/mol. The highest BCUT2D eigenvalue weighted by Gasteiger charge is 2.13. The first-order chi connectivity index (χ1) is 9.79. The summed E-state index contributed by atoms with van der Waals surface area (Å²) in [5.41, 5.74) is 0.999. The van der Waals surface area contributed by atoms with E-state index in [0.717, 1.165) is 28.1 Å². The summed E-state index contributed by atoms with van der Waals surface area (Å²) in [6, 6.07) is 18.1. The fourth-order valence-electron chi connectivity index (χ4n) is 1.93. The Kier molecular flexibility index (Phi) is 3.92. The van der Waals surface area contributed by atoms with Crippen molar-refractivity contribution in [1.29, 1.82) is 0 Å². The van der Waals surface area contributed by atoms with E-state index in [9.17, 15) is 0 Å². The standard InChI is InChI=1S/C16H16N2OS/c1-12-11-20-16(17-12)18-13-6-5-9-15(10-13)19-14-7-3-2-4-8-14/h2-10,12H,11H2,1H3,(H,17,18). The molecule has 0 aromatic heterocycles. The predicted octanol–water partition coefficient (Wildman–Crippen LogP) is 4.38. The highest BCUT2D eigenvalue weighted by atomic mass is 32.2. The third kappa shape index (κ3) is 3.33. The Morgan fingerprint density at radius 1 is 1.10 bits per heavy atom. The normalized spacial score (nSPS) is 17.6. The summed E-state index contributed by atoms with van der Waals surface area (Å²) >= 11 is 1.75. The lowest BCUT2D eigenvalue weighted by atomic mass is 10.3. The second-order valence-corrected chi connectivity index (χ2v) is 5.67. The summed E-state index contributed by atoms with van der Waals surface area (Å²) < 4.78 is 5.82. The van der Waals surface area contributed by atoms with Crippen LogP contribution in [-0.4, -0.2) is 17.0 Å². The highest BCUT2D eigenvalue weighted by molar-refractivity contribution is 8.14. The van der Waals surface area contributed by atoms with E-state index >= 15 is 0 Å². The molecule has 0 saturated heterocycles. The molecule has 4 heteroatoms. The smallest absolute Gasteiger partial charge is 0.161 e. The maximum Gasteiger partial charge on any atom is 0.161 e. The van der Waals surface area contributed by atoms with Crippen molar-refractivity contribution in [2.75, 3.05) is 11.1 Å². The molecule has 20 heavy (non-hydrogen) atoms. The van der Waals surface area contributed by atoms with Gasteiger partial charge in [0.25, 0.3) is 0 Å². The molecule has 0 fully saturated rings. The number of nitrogens with zero attached hydrogens (tertiary/aromatic N) is 1. The lowest BCUT2D eigenvalue weighted by molar-refractivity contribution is 0.483. The molecule has 2 aromatic rings. The largest absolute Gasteiger partial charge is 0.457 e. The van der Waals surface area contributed by atoms with Gasteiger partial charge in [-0.1, -0.05) is 36.0 Å². The predicted molar refractivity (Wildman–Crippen MR) is 85.9 cm³/mol. The van der Waals surface area contributed by atoms with Crippen LogP contribution in [0.1, 0.15) is 6.92 Å². The van der Waals surface area contributed by atoms with Crippen LogP contribution < -0.4 is 10.1 Å². The van der Waals surface area contributed by atoms with Crippen molar-refractivity contribution in [1.82, 2.24) is 0 Å². The highest BCUT2D eigenvalue weighted by Crippen LogP contribution is 2.25. The minimum Gasteiger partial charge on any atom is -0.457 e. The van der Waals surface area contributed by atoms with Gasteiger partial charge >= 0.3 is 0 Å². The van der Waals surface area contributed by atoms with Crippen LogP contribution in [-0.2, 0) is 0 Å². The molecule has 3 nitrogen and oxygen atoms in total. The zero-order chi connectivity index (χ0) is 13.8. The first-order valence-corrected chi connectivity index (χ1v) is 7.59. The van der Waals surface area contributed by atoms with Crippen LogP contribution in [0.3, 0.4) is 0 Å². The van der Waals surface area contributed by atoms with Gasteiger partial charge in [-0.25, -0.2) is 0 Å². The van der Waals surface area contributed by atoms with Gasteiger partial charge in [-0.2, -0.15) is 0 Å². The first kappa shape index (κ1) is 13.1. The van der Waals surface area contributed by atoms with Crippen LogP contribution in [0, 0.1) is 0 Å². The minimum atomic E-state index is 0.395. The molecule has 0 radical (unpaired) electrons. The number of nitrogens with one attached hydrogen (secondary N) is 1. The Morgan fingerprint density at radius 2 is 1.90 bits per heavy atom. The third-order valence-electron chi connectivity index (χ3n) is 2.86. The molecule has 2 aromatic carbocycles. The molecule has 1 unspecified atom stereocenters. The molecule has 0 saturated carbocycles. The van der Waals surface area contributed by atoms with Gasteiger partial charge in [0.2, 0.25) is 0 Å². The summed E-state index contributed by atoms with van der Waals surface area (Å²) in [4.78, 5) is 4.53. The number of aliphatic imine (C=N–C) groups is 1. The molecule has 1 heterocycles. The number of rotatable bonds is 3. The average Bonchev–Trinajstić information content (AvgIpc) is 2.86. The molecule has 0 spiro atoms. The van der Waals surface area contributed by atoms with Crippen molar-refractivity contribution in [3.05, 3.63) is 54.6 Å². The van der Waals surface area contributed by atoms with Gasteiger partial charge < -0.3 is 10.1 Å². The summed E-state index contributed by atoms with van der Waals surface area (Å²) in [6.07, 6.45) is 0. The molecular weight excluding hydrogens is 268 g/mol. The molecule has 1 N–H and O–H groups in total. The number of para-hydroxylation sites is 1. The van der Waals surface area contributed by atoms with Crippen molar-refractivity contribution >= 4 is 22.6 Å². The van der Waals surface area contributed by atoms with Crippen molar-refractivity contribution in [2.24, 2.45) is 4.99 Å². The quantitative estimate of drug-likeness (QED) is 0.908. The molecule has 0 bridgehead atoms. The van der Waals surface area contributed by atoms with Gasteiger partial charge in [-0.15, -0.1) is 0 Å². The number of ether oxygens (including phenoxy) is 1. The lowest BCUT2D eigenvalue weighted by Crippen LogP contribution is -2.04. The second kappa shape index (κ2) is 6.01. The zero-order valence-corrected chi connectivity index (χ0v) is 12.1. The van der Waals surface area contributed by atoms with E-state index in [2.05, 4.69) is 17.2 Å². The van der Waals surface area contributed by atoms with Gasteiger partial charge in [0.15, 0.2) is 5.17 Å². The molecule has 1 atom stereocenters. The summed E-state index contributed by atoms with van der Waals surface area (Å²) in [6.45, 7) is 2.12. The molecule has 0 amide bonds. The van der Waals surface area contributed by atoms with Crippen molar-refractivity contribution in [3.8, 4) is 11.5 Å². The number of hydrogen-bond acceptors (Lipinski definition) is 4. The molecule has 3 rings (SSSR count). The number of hydrogen-bond donors (Lipinski definition) is 1. The fourth-order valence-corrected chi connectivity index (χ4v) is 2.85. The van der Waals surface area contributed by atoms with Gasteiger partial charge in [0.1, 0.15) is 11.5 Å². The maximum atomic E-state index is 5.82. The molecular formula is C16H16N2OS. The first-order valence-electron chi connectivity index (χ1n) is 6.60. The van der Waals surface area contributed by atoms with E-state index in [4.69, 9.17) is 4.74 Å². The SMILES string of the molecule is CC1CSC(Nc2cccc(Oc3ccccc3)c2)=N1. The molecule has 1 aliphatic heterocycles. The van der Waals surface area contributed by atoms with Gasteiger partial charge in [0, 0.05) is 17.5 Å². The lowest BCUT2D eigenvalue weighted by Gasteiger charge is -2.09. The Morgan fingerprint density at radius 3 is 2.65 bits per heavy atom. The Hall–Kier alpha value is -1.94. The van der Waals surface area contributed by atoms with E-state index in [1.807, 2.05) is 54.6 Å². The maximum absolute atomic E-state index is 5.82. The summed E-state index contributed by atoms with van der Waals surface area (Å²) in [5, 5.41) is 4.31. The second-order valence-electron chi connectivity index (χ2n) is 4.66. The molecule has 1 aliphatic rings. The van der Waals surface area contributed by atoms with Crippen LogP contribution in [0.4, 0.5) is 5.69 Å².